The van der Waals surface area contributed by atoms with Gasteiger partial charge in [-0.25, -0.2) is 17.5 Å². The summed E-state index contributed by atoms with van der Waals surface area (Å²) < 4.78 is 41.3. The molecule has 118 valence electrons. The highest BCUT2D eigenvalue weighted by Crippen LogP contribution is 2.33. The smallest absolute Gasteiger partial charge is 0.241 e. The van der Waals surface area contributed by atoms with E-state index in [0.29, 0.717) is 18.7 Å². The average Bonchev–Trinajstić information content (AvgIpc) is 2.38. The van der Waals surface area contributed by atoms with Gasteiger partial charge in [0.05, 0.1) is 9.92 Å². The Morgan fingerprint density at radius 1 is 1.38 bits per heavy atom. The first kappa shape index (κ1) is 16.7. The first-order chi connectivity index (χ1) is 9.77. The summed E-state index contributed by atoms with van der Waals surface area (Å²) in [4.78, 5) is -0.0783. The summed E-state index contributed by atoms with van der Waals surface area (Å²) in [6.07, 6.45) is 2.60. The molecule has 1 saturated carbocycles. The fraction of sp³-hybridized carbons (Fsp3) is 0.571. The number of sulfonamides is 1. The summed E-state index contributed by atoms with van der Waals surface area (Å²) in [5.41, 5.74) is 0.0224. The molecule has 21 heavy (non-hydrogen) atoms. The number of hydrogen-bond donors (Lipinski definition) is 2. The van der Waals surface area contributed by atoms with Gasteiger partial charge in [0.25, 0.3) is 0 Å². The highest BCUT2D eigenvalue weighted by atomic mass is 35.5. The van der Waals surface area contributed by atoms with Gasteiger partial charge in [0.15, 0.2) is 0 Å². The average molecular weight is 335 g/mol. The molecule has 1 fully saturated rings. The third-order valence-corrected chi connectivity index (χ3v) is 5.83. The van der Waals surface area contributed by atoms with Crippen LogP contribution in [0.15, 0.2) is 17.0 Å². The van der Waals surface area contributed by atoms with Crippen LogP contribution >= 0.6 is 11.6 Å². The Kier molecular flexibility index (Phi) is 4.92. The topological polar surface area (TPSA) is 58.2 Å². The van der Waals surface area contributed by atoms with Gasteiger partial charge in [0.2, 0.25) is 10.0 Å². The molecule has 0 amide bonds. The summed E-state index contributed by atoms with van der Waals surface area (Å²) in [7, 11) is -3.74. The van der Waals surface area contributed by atoms with E-state index >= 15 is 0 Å². The van der Waals surface area contributed by atoms with E-state index < -0.39 is 21.4 Å². The highest BCUT2D eigenvalue weighted by molar-refractivity contribution is 7.89. The fourth-order valence-electron chi connectivity index (χ4n) is 2.35. The second-order valence-corrected chi connectivity index (χ2v) is 7.74. The molecule has 1 aromatic rings. The van der Waals surface area contributed by atoms with Crippen molar-refractivity contribution >= 4 is 21.6 Å². The fourth-order valence-corrected chi connectivity index (χ4v) is 4.06. The molecule has 2 N–H and O–H groups in total. The van der Waals surface area contributed by atoms with Crippen molar-refractivity contribution in [3.05, 3.63) is 28.5 Å². The number of hydrogen-bond acceptors (Lipinski definition) is 3. The monoisotopic (exact) mass is 334 g/mol. The van der Waals surface area contributed by atoms with Gasteiger partial charge in [-0.05, 0) is 50.4 Å². The van der Waals surface area contributed by atoms with Crippen LogP contribution in [0.3, 0.4) is 0 Å². The Balaban J connectivity index is 2.32. The van der Waals surface area contributed by atoms with E-state index in [-0.39, 0.29) is 9.92 Å². The van der Waals surface area contributed by atoms with Gasteiger partial charge in [0, 0.05) is 12.1 Å². The van der Waals surface area contributed by atoms with E-state index in [9.17, 15) is 12.8 Å². The third kappa shape index (κ3) is 3.74. The molecule has 0 saturated heterocycles. The van der Waals surface area contributed by atoms with E-state index in [4.69, 9.17) is 11.6 Å². The van der Waals surface area contributed by atoms with Gasteiger partial charge in [-0.2, -0.15) is 0 Å². The Labute approximate surface area is 130 Å². The van der Waals surface area contributed by atoms with Crippen molar-refractivity contribution in [2.75, 3.05) is 6.54 Å². The normalized spacial score (nSPS) is 17.5. The van der Waals surface area contributed by atoms with Gasteiger partial charge >= 0.3 is 0 Å². The molecule has 0 spiro atoms. The lowest BCUT2D eigenvalue weighted by molar-refractivity contribution is 0.248. The molecular formula is C14H20ClFN2O2S. The zero-order valence-corrected chi connectivity index (χ0v) is 13.7. The summed E-state index contributed by atoms with van der Waals surface area (Å²) in [5, 5.41) is 2.98. The van der Waals surface area contributed by atoms with Crippen LogP contribution in [0.1, 0.15) is 38.7 Å². The number of benzene rings is 1. The molecule has 0 unspecified atom stereocenters. The molecule has 2 rings (SSSR count). The van der Waals surface area contributed by atoms with Crippen molar-refractivity contribution in [1.82, 2.24) is 10.0 Å². The van der Waals surface area contributed by atoms with Crippen molar-refractivity contribution in [2.24, 2.45) is 0 Å². The predicted octanol–water partition coefficient (Wildman–Crippen LogP) is 2.81. The van der Waals surface area contributed by atoms with E-state index in [2.05, 4.69) is 10.0 Å². The molecule has 7 heteroatoms. The molecule has 0 bridgehead atoms. The summed E-state index contributed by atoms with van der Waals surface area (Å²) in [6, 6.07) is 2.40. The van der Waals surface area contributed by atoms with Crippen LogP contribution < -0.4 is 10.0 Å². The van der Waals surface area contributed by atoms with Gasteiger partial charge in [-0.15, -0.1) is 0 Å². The quantitative estimate of drug-likeness (QED) is 0.841. The van der Waals surface area contributed by atoms with E-state index in [1.54, 1.807) is 0 Å². The van der Waals surface area contributed by atoms with Crippen molar-refractivity contribution in [1.29, 1.82) is 0 Å². The number of halogens is 2. The van der Waals surface area contributed by atoms with Gasteiger partial charge in [-0.3, -0.25) is 0 Å². The molecule has 0 atom stereocenters. The molecule has 0 aliphatic heterocycles. The van der Waals surface area contributed by atoms with Crippen LogP contribution in [0.25, 0.3) is 0 Å². The second-order valence-electron chi connectivity index (χ2n) is 5.68. The molecule has 1 aliphatic carbocycles. The molecule has 1 aromatic carbocycles. The minimum absolute atomic E-state index is 0.0373. The van der Waals surface area contributed by atoms with Crippen molar-refractivity contribution in [3.63, 3.8) is 0 Å². The number of rotatable bonds is 6. The second kappa shape index (κ2) is 6.20. The maximum Gasteiger partial charge on any atom is 0.241 e. The van der Waals surface area contributed by atoms with Crippen molar-refractivity contribution in [2.45, 2.75) is 50.1 Å². The van der Waals surface area contributed by atoms with Crippen LogP contribution in [0.2, 0.25) is 5.02 Å². The van der Waals surface area contributed by atoms with E-state index in [1.807, 2.05) is 13.8 Å². The molecule has 0 radical (unpaired) electrons. The lowest BCUT2D eigenvalue weighted by atomic mass is 9.80. The Bertz CT molecular complexity index is 630. The van der Waals surface area contributed by atoms with Gasteiger partial charge < -0.3 is 5.32 Å². The molecule has 0 heterocycles. The summed E-state index contributed by atoms with van der Waals surface area (Å²) >= 11 is 5.89. The Morgan fingerprint density at radius 3 is 2.57 bits per heavy atom. The highest BCUT2D eigenvalue weighted by Gasteiger charge is 2.36. The lowest BCUT2D eigenvalue weighted by Crippen LogP contribution is -2.50. The first-order valence-electron chi connectivity index (χ1n) is 7.00. The Hall–Kier alpha value is -0.690. The van der Waals surface area contributed by atoms with Crippen LogP contribution in [-0.2, 0) is 16.6 Å². The van der Waals surface area contributed by atoms with Crippen LogP contribution in [-0.4, -0.2) is 20.5 Å². The SMILES string of the molecule is CCNCc1cc(S(=O)(=O)NC2(C)CCC2)cc(F)c1Cl. The van der Waals surface area contributed by atoms with Crippen molar-refractivity contribution in [3.8, 4) is 0 Å². The molecular weight excluding hydrogens is 315 g/mol. The van der Waals surface area contributed by atoms with Crippen LogP contribution in [0, 0.1) is 5.82 Å². The van der Waals surface area contributed by atoms with Crippen LogP contribution in [0.4, 0.5) is 4.39 Å². The summed E-state index contributed by atoms with van der Waals surface area (Å²) in [6.45, 7) is 4.78. The molecule has 1 aliphatic rings. The zero-order chi connectivity index (χ0) is 15.7. The number of nitrogens with one attached hydrogen (secondary N) is 2. The van der Waals surface area contributed by atoms with Gasteiger partial charge in [-0.1, -0.05) is 18.5 Å². The standard InChI is InChI=1S/C14H20ClFN2O2S/c1-3-17-9-10-7-11(8-12(16)13(10)15)21(19,20)18-14(2)5-4-6-14/h7-8,17-18H,3-6,9H2,1-2H3. The maximum absolute atomic E-state index is 13.9. The zero-order valence-electron chi connectivity index (χ0n) is 12.2. The third-order valence-electron chi connectivity index (χ3n) is 3.79. The van der Waals surface area contributed by atoms with Gasteiger partial charge in [0.1, 0.15) is 5.82 Å². The minimum Gasteiger partial charge on any atom is -0.313 e. The largest absolute Gasteiger partial charge is 0.313 e. The van der Waals surface area contributed by atoms with E-state index in [0.717, 1.165) is 25.3 Å². The first-order valence-corrected chi connectivity index (χ1v) is 8.86. The van der Waals surface area contributed by atoms with Crippen molar-refractivity contribution < 1.29 is 12.8 Å². The maximum atomic E-state index is 13.9. The predicted molar refractivity (Wildman–Crippen MR) is 81.4 cm³/mol. The Morgan fingerprint density at radius 2 is 2.05 bits per heavy atom. The van der Waals surface area contributed by atoms with Crippen LogP contribution in [0.5, 0.6) is 0 Å². The molecule has 4 nitrogen and oxygen atoms in total. The lowest BCUT2D eigenvalue weighted by Gasteiger charge is -2.38. The molecule has 0 aromatic heterocycles. The summed E-state index contributed by atoms with van der Waals surface area (Å²) in [5.74, 6) is -0.716. The van der Waals surface area contributed by atoms with E-state index in [1.165, 1.54) is 6.07 Å². The minimum atomic E-state index is -3.74.